The lowest BCUT2D eigenvalue weighted by Crippen LogP contribution is -2.51. The van der Waals surface area contributed by atoms with Crippen molar-refractivity contribution in [3.05, 3.63) is 71.3 Å². The minimum Gasteiger partial charge on any atom is -0.339 e. The molecule has 1 N–H and O–H groups in total. The van der Waals surface area contributed by atoms with Gasteiger partial charge < -0.3 is 20.0 Å². The Bertz CT molecular complexity index is 891. The number of hydrogen-bond donors (Lipinski definition) is 1. The van der Waals surface area contributed by atoms with E-state index < -0.39 is 0 Å². The maximum atomic E-state index is 12.6. The zero-order chi connectivity index (χ0) is 22.2. The first-order valence-electron chi connectivity index (χ1n) is 10.6. The third-order valence-corrected chi connectivity index (χ3v) is 5.44. The molecule has 1 aliphatic rings. The van der Waals surface area contributed by atoms with Crippen molar-refractivity contribution in [3.63, 3.8) is 0 Å². The quantitative estimate of drug-likeness (QED) is 0.778. The van der Waals surface area contributed by atoms with Crippen LogP contribution < -0.4 is 5.32 Å². The van der Waals surface area contributed by atoms with Gasteiger partial charge in [-0.3, -0.25) is 9.59 Å². The lowest BCUT2D eigenvalue weighted by molar-refractivity contribution is -0.132. The third kappa shape index (κ3) is 6.31. The van der Waals surface area contributed by atoms with Crippen molar-refractivity contribution in [2.45, 2.75) is 19.9 Å². The Hall–Kier alpha value is -3.35. The van der Waals surface area contributed by atoms with Crippen molar-refractivity contribution < 1.29 is 14.4 Å². The van der Waals surface area contributed by atoms with Crippen LogP contribution >= 0.6 is 0 Å². The van der Waals surface area contributed by atoms with Crippen molar-refractivity contribution in [1.82, 2.24) is 20.0 Å². The highest BCUT2D eigenvalue weighted by Gasteiger charge is 2.24. The lowest BCUT2D eigenvalue weighted by atomic mass is 10.1. The SMILES string of the molecule is Cc1ccc(C(=O)N2CCN(C(=O)CCNC(=O)N(C)Cc3ccccc3)CC2)cc1. The van der Waals surface area contributed by atoms with Crippen LogP contribution in [0.5, 0.6) is 0 Å². The number of carbonyl (C=O) groups is 3. The summed E-state index contributed by atoms with van der Waals surface area (Å²) in [6.45, 7) is 4.85. The molecule has 164 valence electrons. The minimum absolute atomic E-state index is 0.000755. The zero-order valence-electron chi connectivity index (χ0n) is 18.2. The van der Waals surface area contributed by atoms with E-state index in [1.165, 1.54) is 0 Å². The molecular weight excluding hydrogens is 392 g/mol. The largest absolute Gasteiger partial charge is 0.339 e. The highest BCUT2D eigenvalue weighted by atomic mass is 16.2. The Labute approximate surface area is 183 Å². The molecule has 0 spiro atoms. The van der Waals surface area contributed by atoms with Crippen molar-refractivity contribution in [1.29, 1.82) is 0 Å². The van der Waals surface area contributed by atoms with Gasteiger partial charge in [0.05, 0.1) is 0 Å². The molecule has 4 amide bonds. The monoisotopic (exact) mass is 422 g/mol. The smallest absolute Gasteiger partial charge is 0.317 e. The standard InChI is InChI=1S/C24H30N4O3/c1-19-8-10-21(11-9-19)23(30)28-16-14-27(15-17-28)22(29)12-13-25-24(31)26(2)18-20-6-4-3-5-7-20/h3-11H,12-18H2,1-2H3,(H,25,31). The average Bonchev–Trinajstić information content (AvgIpc) is 2.79. The predicted molar refractivity (Wildman–Crippen MR) is 120 cm³/mol. The van der Waals surface area contributed by atoms with Gasteiger partial charge in [-0.1, -0.05) is 48.0 Å². The first-order chi connectivity index (χ1) is 14.9. The maximum absolute atomic E-state index is 12.6. The first kappa shape index (κ1) is 22.3. The topological polar surface area (TPSA) is 73.0 Å². The van der Waals surface area contributed by atoms with Crippen molar-refractivity contribution in [3.8, 4) is 0 Å². The zero-order valence-corrected chi connectivity index (χ0v) is 18.2. The average molecular weight is 423 g/mol. The number of piperazine rings is 1. The maximum Gasteiger partial charge on any atom is 0.317 e. The van der Waals surface area contributed by atoms with Crippen molar-refractivity contribution >= 4 is 17.8 Å². The van der Waals surface area contributed by atoms with Gasteiger partial charge in [0.15, 0.2) is 0 Å². The van der Waals surface area contributed by atoms with E-state index >= 15 is 0 Å². The molecule has 3 rings (SSSR count). The molecule has 1 saturated heterocycles. The fourth-order valence-electron chi connectivity index (χ4n) is 3.54. The van der Waals surface area contributed by atoms with Gasteiger partial charge in [-0.15, -0.1) is 0 Å². The van der Waals surface area contributed by atoms with E-state index in [4.69, 9.17) is 0 Å². The molecule has 1 aliphatic heterocycles. The van der Waals surface area contributed by atoms with E-state index in [1.807, 2.05) is 61.5 Å². The van der Waals surface area contributed by atoms with Crippen LogP contribution in [-0.4, -0.2) is 72.3 Å². The normalized spacial score (nSPS) is 13.6. The molecule has 7 nitrogen and oxygen atoms in total. The molecule has 0 bridgehead atoms. The summed E-state index contributed by atoms with van der Waals surface area (Å²) >= 11 is 0. The number of urea groups is 1. The van der Waals surface area contributed by atoms with Gasteiger partial charge >= 0.3 is 6.03 Å². The molecule has 2 aromatic carbocycles. The number of benzene rings is 2. The predicted octanol–water partition coefficient (Wildman–Crippen LogP) is 2.51. The van der Waals surface area contributed by atoms with Gasteiger partial charge in [-0.25, -0.2) is 4.79 Å². The molecule has 0 aromatic heterocycles. The second kappa shape index (κ2) is 10.6. The number of hydrogen-bond acceptors (Lipinski definition) is 3. The van der Waals surface area contributed by atoms with Crippen LogP contribution in [0.4, 0.5) is 4.79 Å². The molecule has 0 saturated carbocycles. The fourth-order valence-corrected chi connectivity index (χ4v) is 3.54. The first-order valence-corrected chi connectivity index (χ1v) is 10.6. The van der Waals surface area contributed by atoms with Gasteiger partial charge in [0.1, 0.15) is 0 Å². The summed E-state index contributed by atoms with van der Waals surface area (Å²) in [5.41, 5.74) is 2.84. The fraction of sp³-hybridized carbons (Fsp3) is 0.375. The summed E-state index contributed by atoms with van der Waals surface area (Å²) in [5, 5.41) is 2.80. The number of amides is 4. The van der Waals surface area contributed by atoms with Crippen LogP contribution in [0.3, 0.4) is 0 Å². The summed E-state index contributed by atoms with van der Waals surface area (Å²) in [7, 11) is 1.73. The molecular formula is C24H30N4O3. The van der Waals surface area contributed by atoms with Crippen LogP contribution in [0, 0.1) is 6.92 Å². The van der Waals surface area contributed by atoms with E-state index in [9.17, 15) is 14.4 Å². The van der Waals surface area contributed by atoms with E-state index in [-0.39, 0.29) is 24.3 Å². The number of rotatable bonds is 6. The van der Waals surface area contributed by atoms with E-state index in [0.29, 0.717) is 44.8 Å². The number of aryl methyl sites for hydroxylation is 1. The summed E-state index contributed by atoms with van der Waals surface area (Å²) in [4.78, 5) is 42.4. The van der Waals surface area contributed by atoms with Crippen molar-refractivity contribution in [2.75, 3.05) is 39.8 Å². The molecule has 31 heavy (non-hydrogen) atoms. The van der Waals surface area contributed by atoms with Crippen LogP contribution in [0.25, 0.3) is 0 Å². The molecule has 2 aromatic rings. The van der Waals surface area contributed by atoms with Crippen LogP contribution in [0.2, 0.25) is 0 Å². The summed E-state index contributed by atoms with van der Waals surface area (Å²) in [5.74, 6) is -0.00531. The summed E-state index contributed by atoms with van der Waals surface area (Å²) in [6, 6.07) is 17.1. The highest BCUT2D eigenvalue weighted by molar-refractivity contribution is 5.94. The second-order valence-corrected chi connectivity index (χ2v) is 7.86. The molecule has 0 unspecified atom stereocenters. The molecule has 1 heterocycles. The lowest BCUT2D eigenvalue weighted by Gasteiger charge is -2.35. The van der Waals surface area contributed by atoms with Crippen LogP contribution in [0.1, 0.15) is 27.9 Å². The van der Waals surface area contributed by atoms with Gasteiger partial charge in [0.2, 0.25) is 5.91 Å². The third-order valence-electron chi connectivity index (χ3n) is 5.44. The summed E-state index contributed by atoms with van der Waals surface area (Å²) < 4.78 is 0. The van der Waals surface area contributed by atoms with Gasteiger partial charge in [0, 0.05) is 58.3 Å². The number of nitrogens with one attached hydrogen (secondary N) is 1. The van der Waals surface area contributed by atoms with E-state index in [1.54, 1.807) is 21.7 Å². The van der Waals surface area contributed by atoms with Crippen LogP contribution in [0.15, 0.2) is 54.6 Å². The van der Waals surface area contributed by atoms with Gasteiger partial charge in [-0.2, -0.15) is 0 Å². The Morgan fingerprint density at radius 1 is 0.903 bits per heavy atom. The van der Waals surface area contributed by atoms with E-state index in [0.717, 1.165) is 11.1 Å². The highest BCUT2D eigenvalue weighted by Crippen LogP contribution is 2.11. The Balaban J connectivity index is 1.37. The number of carbonyl (C=O) groups excluding carboxylic acids is 3. The van der Waals surface area contributed by atoms with Gasteiger partial charge in [0.25, 0.3) is 5.91 Å². The van der Waals surface area contributed by atoms with Gasteiger partial charge in [-0.05, 0) is 24.6 Å². The molecule has 7 heteroatoms. The molecule has 0 atom stereocenters. The molecule has 0 radical (unpaired) electrons. The minimum atomic E-state index is -0.204. The van der Waals surface area contributed by atoms with Crippen molar-refractivity contribution in [2.24, 2.45) is 0 Å². The number of nitrogens with zero attached hydrogens (tertiary/aromatic N) is 3. The molecule has 1 fully saturated rings. The molecule has 0 aliphatic carbocycles. The summed E-state index contributed by atoms with van der Waals surface area (Å²) in [6.07, 6.45) is 0.247. The Morgan fingerprint density at radius 2 is 1.52 bits per heavy atom. The van der Waals surface area contributed by atoms with Crippen LogP contribution in [-0.2, 0) is 11.3 Å². The second-order valence-electron chi connectivity index (χ2n) is 7.86. The van der Waals surface area contributed by atoms with E-state index in [2.05, 4.69) is 5.32 Å². The Kier molecular flexibility index (Phi) is 7.65. The Morgan fingerprint density at radius 3 is 2.16 bits per heavy atom.